The smallest absolute Gasteiger partial charge is 0.462 e. The minimum atomic E-state index is -4.96. The van der Waals surface area contributed by atoms with Gasteiger partial charge in [-0.2, -0.15) is 0 Å². The summed E-state index contributed by atoms with van der Waals surface area (Å²) in [6.45, 7) is 7.32. The number of unbranched alkanes of at least 4 members (excludes halogenated alkanes) is 48. The molecule has 0 aromatic heterocycles. The lowest BCUT2D eigenvalue weighted by molar-refractivity contribution is -0.161. The molecule has 95 heavy (non-hydrogen) atoms. The van der Waals surface area contributed by atoms with Crippen LogP contribution in [-0.2, 0) is 65.4 Å². The summed E-state index contributed by atoms with van der Waals surface area (Å²) >= 11 is 0. The third-order valence-electron chi connectivity index (χ3n) is 17.8. The monoisotopic (exact) mass is 1400 g/mol. The Hall–Kier alpha value is -1.94. The van der Waals surface area contributed by atoms with Crippen molar-refractivity contribution in [1.82, 2.24) is 0 Å². The topological polar surface area (TPSA) is 237 Å². The van der Waals surface area contributed by atoms with Crippen LogP contribution in [0.15, 0.2) is 0 Å². The maximum Gasteiger partial charge on any atom is 0.472 e. The first-order valence-electron chi connectivity index (χ1n) is 39.6. The number of esters is 4. The molecule has 0 amide bonds. The molecule has 0 radical (unpaired) electrons. The molecule has 0 heterocycles. The molecule has 0 saturated heterocycles. The van der Waals surface area contributed by atoms with Crippen LogP contribution < -0.4 is 0 Å². The predicted octanol–water partition coefficient (Wildman–Crippen LogP) is 22.5. The molecule has 0 fully saturated rings. The molecule has 0 aliphatic heterocycles. The Morgan fingerprint density at radius 2 is 0.484 bits per heavy atom. The fourth-order valence-electron chi connectivity index (χ4n) is 11.7. The van der Waals surface area contributed by atoms with Gasteiger partial charge < -0.3 is 33.8 Å². The first-order valence-corrected chi connectivity index (χ1v) is 42.6. The minimum absolute atomic E-state index is 0.107. The Labute approximate surface area is 581 Å². The Bertz CT molecular complexity index is 1820. The second-order valence-corrected chi connectivity index (χ2v) is 30.8. The standard InChI is InChI=1S/C76H148O17P2/c1-6-9-12-15-18-21-24-31-36-40-45-50-55-60-74(79)87-66-72(93-76(81)62-57-52-47-42-37-33-30-28-26-25-27-29-32-35-38-43-48-53-58-69(4)5)68-91-95(84,85)89-64-70(77)63-88-94(82,83)90-67-71(65-86-73(78)59-54-49-44-39-23-20-17-14-11-8-3)92-75(80)61-56-51-46-41-34-22-19-16-13-10-7-2/h69-72,77H,6-68H2,1-5H3,(H,82,83)(H,84,85)/t70-,71+,72+/m0/s1. The summed E-state index contributed by atoms with van der Waals surface area (Å²) in [5, 5.41) is 10.6. The quantitative estimate of drug-likeness (QED) is 0.0222. The van der Waals surface area contributed by atoms with Crippen molar-refractivity contribution in [3.8, 4) is 0 Å². The summed E-state index contributed by atoms with van der Waals surface area (Å²) in [6, 6.07) is 0. The number of hydrogen-bond acceptors (Lipinski definition) is 15. The maximum absolute atomic E-state index is 13.1. The second-order valence-electron chi connectivity index (χ2n) is 27.9. The van der Waals surface area contributed by atoms with E-state index in [0.717, 1.165) is 95.8 Å². The Balaban J connectivity index is 5.19. The van der Waals surface area contributed by atoms with Crippen LogP contribution in [0.1, 0.15) is 401 Å². The highest BCUT2D eigenvalue weighted by molar-refractivity contribution is 7.47. The number of rotatable bonds is 76. The van der Waals surface area contributed by atoms with E-state index in [-0.39, 0.29) is 25.7 Å². The third-order valence-corrected chi connectivity index (χ3v) is 19.7. The normalized spacial score (nSPS) is 13.9. The molecule has 3 N–H and O–H groups in total. The van der Waals surface area contributed by atoms with E-state index in [0.29, 0.717) is 25.7 Å². The van der Waals surface area contributed by atoms with Crippen molar-refractivity contribution < 1.29 is 80.2 Å². The third kappa shape index (κ3) is 70.3. The highest BCUT2D eigenvalue weighted by atomic mass is 31.2. The van der Waals surface area contributed by atoms with Crippen LogP contribution in [0.25, 0.3) is 0 Å². The average Bonchev–Trinajstić information content (AvgIpc) is 1.49. The largest absolute Gasteiger partial charge is 0.472 e. The van der Waals surface area contributed by atoms with Crippen LogP contribution in [0.5, 0.6) is 0 Å². The number of carbonyl (C=O) groups is 4. The second kappa shape index (κ2) is 69.2. The molecule has 0 aromatic carbocycles. The fraction of sp³-hybridized carbons (Fsp3) is 0.947. The first kappa shape index (κ1) is 93.1. The van der Waals surface area contributed by atoms with Gasteiger partial charge in [-0.25, -0.2) is 9.13 Å². The molecule has 2 unspecified atom stereocenters. The summed E-state index contributed by atoms with van der Waals surface area (Å²) in [5.74, 6) is -1.29. The van der Waals surface area contributed by atoms with E-state index in [9.17, 15) is 43.2 Å². The molecular formula is C76H148O17P2. The molecule has 0 bridgehead atoms. The zero-order chi connectivity index (χ0) is 69.8. The number of phosphoric acid groups is 2. The number of aliphatic hydroxyl groups excluding tert-OH is 1. The van der Waals surface area contributed by atoms with Crippen molar-refractivity contribution in [2.45, 2.75) is 419 Å². The van der Waals surface area contributed by atoms with Gasteiger partial charge in [0.1, 0.15) is 19.3 Å². The molecule has 564 valence electrons. The van der Waals surface area contributed by atoms with Crippen LogP contribution in [0.3, 0.4) is 0 Å². The van der Waals surface area contributed by atoms with Gasteiger partial charge in [-0.15, -0.1) is 0 Å². The fourth-order valence-corrected chi connectivity index (χ4v) is 13.3. The summed E-state index contributed by atoms with van der Waals surface area (Å²) in [7, 11) is -9.91. The zero-order valence-electron chi connectivity index (χ0n) is 61.8. The molecule has 17 nitrogen and oxygen atoms in total. The van der Waals surface area contributed by atoms with Gasteiger partial charge in [0.25, 0.3) is 0 Å². The number of hydrogen-bond donors (Lipinski definition) is 3. The SMILES string of the molecule is CCCCCCCCCCCCCCCC(=O)OC[C@H](COP(=O)(O)OC[C@@H](O)COP(=O)(O)OC[C@@H](COC(=O)CCCCCCCCCCCC)OC(=O)CCCCCCCCCCCCC)OC(=O)CCCCCCCCCCCCCCCCCCCCC(C)C. The number of ether oxygens (including phenoxy) is 4. The summed E-state index contributed by atoms with van der Waals surface area (Å²) in [4.78, 5) is 72.7. The lowest BCUT2D eigenvalue weighted by Gasteiger charge is -2.21. The van der Waals surface area contributed by atoms with Crippen molar-refractivity contribution >= 4 is 39.5 Å². The van der Waals surface area contributed by atoms with Crippen LogP contribution in [-0.4, -0.2) is 96.7 Å². The molecule has 0 spiro atoms. The molecular weight excluding hydrogens is 1250 g/mol. The van der Waals surface area contributed by atoms with Crippen molar-refractivity contribution in [1.29, 1.82) is 0 Å². The molecule has 0 aliphatic carbocycles. The van der Waals surface area contributed by atoms with Gasteiger partial charge in [-0.1, -0.05) is 349 Å². The Morgan fingerprint density at radius 3 is 0.716 bits per heavy atom. The number of phosphoric ester groups is 2. The van der Waals surface area contributed by atoms with Crippen molar-refractivity contribution in [2.75, 3.05) is 39.6 Å². The van der Waals surface area contributed by atoms with E-state index in [1.165, 1.54) is 225 Å². The molecule has 0 aromatic rings. The molecule has 0 aliphatic rings. The first-order chi connectivity index (χ1) is 46.0. The average molecular weight is 1400 g/mol. The van der Waals surface area contributed by atoms with Gasteiger partial charge in [-0.3, -0.25) is 37.3 Å². The molecule has 19 heteroatoms. The number of aliphatic hydroxyl groups is 1. The van der Waals surface area contributed by atoms with Gasteiger partial charge in [0, 0.05) is 25.7 Å². The van der Waals surface area contributed by atoms with E-state index >= 15 is 0 Å². The molecule has 5 atom stereocenters. The van der Waals surface area contributed by atoms with E-state index < -0.39 is 97.5 Å². The maximum atomic E-state index is 13.1. The lowest BCUT2D eigenvalue weighted by atomic mass is 10.0. The minimum Gasteiger partial charge on any atom is -0.462 e. The van der Waals surface area contributed by atoms with Crippen molar-refractivity contribution in [3.63, 3.8) is 0 Å². The Kier molecular flexibility index (Phi) is 67.7. The lowest BCUT2D eigenvalue weighted by Crippen LogP contribution is -2.30. The number of carbonyl (C=O) groups excluding carboxylic acids is 4. The van der Waals surface area contributed by atoms with Gasteiger partial charge in [-0.05, 0) is 31.6 Å². The van der Waals surface area contributed by atoms with Crippen LogP contribution in [0.4, 0.5) is 0 Å². The van der Waals surface area contributed by atoms with Gasteiger partial charge in [0.2, 0.25) is 0 Å². The van der Waals surface area contributed by atoms with Crippen molar-refractivity contribution in [3.05, 3.63) is 0 Å². The van der Waals surface area contributed by atoms with E-state index in [4.69, 9.17) is 37.0 Å². The van der Waals surface area contributed by atoms with Crippen LogP contribution in [0.2, 0.25) is 0 Å². The van der Waals surface area contributed by atoms with Crippen molar-refractivity contribution in [2.24, 2.45) is 5.92 Å². The van der Waals surface area contributed by atoms with Crippen LogP contribution in [0, 0.1) is 5.92 Å². The summed E-state index contributed by atoms with van der Waals surface area (Å²) in [6.07, 6.45) is 58.2. The van der Waals surface area contributed by atoms with Crippen LogP contribution >= 0.6 is 15.6 Å². The van der Waals surface area contributed by atoms with Gasteiger partial charge in [0.05, 0.1) is 26.4 Å². The summed E-state index contributed by atoms with van der Waals surface area (Å²) < 4.78 is 68.5. The van der Waals surface area contributed by atoms with Gasteiger partial charge >= 0.3 is 39.5 Å². The predicted molar refractivity (Wildman–Crippen MR) is 386 cm³/mol. The van der Waals surface area contributed by atoms with Gasteiger partial charge in [0.15, 0.2) is 12.2 Å². The van der Waals surface area contributed by atoms with E-state index in [1.807, 2.05) is 0 Å². The Morgan fingerprint density at radius 1 is 0.284 bits per heavy atom. The molecule has 0 saturated carbocycles. The highest BCUT2D eigenvalue weighted by Gasteiger charge is 2.30. The zero-order valence-corrected chi connectivity index (χ0v) is 63.6. The van der Waals surface area contributed by atoms with E-state index in [1.54, 1.807) is 0 Å². The summed E-state index contributed by atoms with van der Waals surface area (Å²) in [5.41, 5.74) is 0. The van der Waals surface area contributed by atoms with E-state index in [2.05, 4.69) is 34.6 Å². The highest BCUT2D eigenvalue weighted by Crippen LogP contribution is 2.45. The molecule has 0 rings (SSSR count).